The van der Waals surface area contributed by atoms with Crippen molar-refractivity contribution in [2.45, 2.75) is 6.61 Å². The number of benzene rings is 1. The SMILES string of the molecule is Nc1ccc(-c2cc(Nc3cnccn3)n[nH]2)cc1OCc1ccc(F)cn1. The van der Waals surface area contributed by atoms with Crippen LogP contribution in [-0.4, -0.2) is 25.1 Å². The summed E-state index contributed by atoms with van der Waals surface area (Å²) in [4.78, 5) is 12.1. The van der Waals surface area contributed by atoms with Gasteiger partial charge in [0.15, 0.2) is 5.82 Å². The Morgan fingerprint density at radius 3 is 2.75 bits per heavy atom. The average molecular weight is 377 g/mol. The van der Waals surface area contributed by atoms with Crippen molar-refractivity contribution in [2.24, 2.45) is 0 Å². The Bertz CT molecular complexity index is 1070. The molecule has 0 fully saturated rings. The van der Waals surface area contributed by atoms with Crippen molar-refractivity contribution >= 4 is 17.3 Å². The van der Waals surface area contributed by atoms with Crippen LogP contribution in [0.1, 0.15) is 5.69 Å². The maximum absolute atomic E-state index is 12.9. The van der Waals surface area contributed by atoms with Crippen molar-refractivity contribution in [1.82, 2.24) is 25.1 Å². The van der Waals surface area contributed by atoms with Gasteiger partial charge in [-0.2, -0.15) is 5.10 Å². The number of pyridine rings is 1. The van der Waals surface area contributed by atoms with Crippen molar-refractivity contribution in [3.63, 3.8) is 0 Å². The molecule has 0 aliphatic carbocycles. The molecule has 28 heavy (non-hydrogen) atoms. The molecule has 0 radical (unpaired) electrons. The van der Waals surface area contributed by atoms with Crippen LogP contribution in [0.3, 0.4) is 0 Å². The minimum atomic E-state index is -0.393. The van der Waals surface area contributed by atoms with Crippen molar-refractivity contribution in [3.05, 3.63) is 72.7 Å². The highest BCUT2D eigenvalue weighted by Gasteiger charge is 2.09. The van der Waals surface area contributed by atoms with Gasteiger partial charge in [0.25, 0.3) is 0 Å². The monoisotopic (exact) mass is 377 g/mol. The largest absolute Gasteiger partial charge is 0.485 e. The Hall–Kier alpha value is -4.01. The predicted octanol–water partition coefficient (Wildman–Crippen LogP) is 3.31. The summed E-state index contributed by atoms with van der Waals surface area (Å²) in [6, 6.07) is 10.2. The molecule has 4 rings (SSSR count). The summed E-state index contributed by atoms with van der Waals surface area (Å²) in [6.07, 6.45) is 5.94. The summed E-state index contributed by atoms with van der Waals surface area (Å²) in [5.74, 6) is 1.30. The van der Waals surface area contributed by atoms with Gasteiger partial charge in [0.2, 0.25) is 0 Å². The minimum absolute atomic E-state index is 0.177. The second-order valence-corrected chi connectivity index (χ2v) is 5.89. The van der Waals surface area contributed by atoms with E-state index in [-0.39, 0.29) is 6.61 Å². The van der Waals surface area contributed by atoms with E-state index in [1.54, 1.807) is 36.8 Å². The topological polar surface area (TPSA) is 115 Å². The number of anilines is 3. The van der Waals surface area contributed by atoms with Crippen LogP contribution in [0.15, 0.2) is 61.2 Å². The molecule has 0 amide bonds. The van der Waals surface area contributed by atoms with E-state index in [2.05, 4.69) is 30.5 Å². The Labute approximate surface area is 159 Å². The molecule has 8 nitrogen and oxygen atoms in total. The van der Waals surface area contributed by atoms with E-state index in [1.807, 2.05) is 12.1 Å². The Morgan fingerprint density at radius 1 is 1.04 bits per heavy atom. The summed E-state index contributed by atoms with van der Waals surface area (Å²) < 4.78 is 18.7. The Balaban J connectivity index is 1.49. The first-order valence-corrected chi connectivity index (χ1v) is 8.39. The summed E-state index contributed by atoms with van der Waals surface area (Å²) in [5.41, 5.74) is 8.71. The Kier molecular flexibility index (Phi) is 4.79. The number of ether oxygens (including phenoxy) is 1. The van der Waals surface area contributed by atoms with Gasteiger partial charge in [-0.15, -0.1) is 0 Å². The van der Waals surface area contributed by atoms with Gasteiger partial charge in [-0.1, -0.05) is 6.07 Å². The molecule has 3 heterocycles. The molecule has 9 heteroatoms. The van der Waals surface area contributed by atoms with Crippen molar-refractivity contribution < 1.29 is 9.13 Å². The molecule has 0 saturated heterocycles. The van der Waals surface area contributed by atoms with Crippen LogP contribution in [0.25, 0.3) is 11.3 Å². The zero-order chi connectivity index (χ0) is 19.3. The van der Waals surface area contributed by atoms with Crippen molar-refractivity contribution in [1.29, 1.82) is 0 Å². The maximum atomic E-state index is 12.9. The summed E-state index contributed by atoms with van der Waals surface area (Å²) in [7, 11) is 0. The zero-order valence-electron chi connectivity index (χ0n) is 14.6. The number of nitrogens with two attached hydrogens (primary N) is 1. The van der Waals surface area contributed by atoms with Gasteiger partial charge in [-0.05, 0) is 24.3 Å². The minimum Gasteiger partial charge on any atom is -0.485 e. The molecule has 4 N–H and O–H groups in total. The highest BCUT2D eigenvalue weighted by atomic mass is 19.1. The van der Waals surface area contributed by atoms with Gasteiger partial charge in [-0.3, -0.25) is 15.1 Å². The van der Waals surface area contributed by atoms with Crippen molar-refractivity contribution in [3.8, 4) is 17.0 Å². The summed E-state index contributed by atoms with van der Waals surface area (Å²) in [6.45, 7) is 0.177. The third-order valence-electron chi connectivity index (χ3n) is 3.89. The van der Waals surface area contributed by atoms with Crippen LogP contribution in [0.4, 0.5) is 21.7 Å². The van der Waals surface area contributed by atoms with Gasteiger partial charge < -0.3 is 15.8 Å². The van der Waals surface area contributed by atoms with Crippen LogP contribution >= 0.6 is 0 Å². The predicted molar refractivity (Wildman–Crippen MR) is 102 cm³/mol. The van der Waals surface area contributed by atoms with E-state index in [9.17, 15) is 4.39 Å². The fourth-order valence-corrected chi connectivity index (χ4v) is 2.50. The first kappa shape index (κ1) is 17.4. The number of H-pyrrole nitrogens is 1. The lowest BCUT2D eigenvalue weighted by Gasteiger charge is -2.10. The average Bonchev–Trinajstić information content (AvgIpc) is 3.18. The number of nitrogens with zero attached hydrogens (tertiary/aromatic N) is 4. The van der Waals surface area contributed by atoms with Gasteiger partial charge in [0.05, 0.1) is 29.5 Å². The molecule has 0 bridgehead atoms. The van der Waals surface area contributed by atoms with Gasteiger partial charge in [0, 0.05) is 24.0 Å². The number of nitrogens with one attached hydrogen (secondary N) is 2. The standard InChI is InChI=1S/C19H16FN7O/c20-13-2-3-14(24-9-13)11-28-17-7-12(1-4-15(17)21)16-8-18(27-26-16)25-19-10-22-5-6-23-19/h1-10H,11,21H2,(H2,23,25,26,27). The van der Waals surface area contributed by atoms with Gasteiger partial charge in [-0.25, -0.2) is 9.37 Å². The molecule has 0 aliphatic rings. The molecule has 0 aliphatic heterocycles. The maximum Gasteiger partial charge on any atom is 0.153 e. The molecular weight excluding hydrogens is 361 g/mol. The quantitative estimate of drug-likeness (QED) is 0.442. The molecule has 0 spiro atoms. The van der Waals surface area contributed by atoms with E-state index in [4.69, 9.17) is 10.5 Å². The molecule has 140 valence electrons. The molecule has 4 aromatic rings. The molecular formula is C19H16FN7O. The number of nitrogen functional groups attached to an aromatic ring is 1. The second-order valence-electron chi connectivity index (χ2n) is 5.89. The zero-order valence-corrected chi connectivity index (χ0v) is 14.6. The molecule has 0 unspecified atom stereocenters. The highest BCUT2D eigenvalue weighted by Crippen LogP contribution is 2.30. The number of aromatic nitrogens is 5. The molecule has 0 saturated carbocycles. The van der Waals surface area contributed by atoms with Crippen LogP contribution in [0.5, 0.6) is 5.75 Å². The van der Waals surface area contributed by atoms with E-state index < -0.39 is 5.82 Å². The fourth-order valence-electron chi connectivity index (χ4n) is 2.50. The second kappa shape index (κ2) is 7.70. The third kappa shape index (κ3) is 4.04. The molecule has 3 aromatic heterocycles. The number of hydrogen-bond donors (Lipinski definition) is 3. The number of hydrogen-bond acceptors (Lipinski definition) is 7. The molecule has 1 aromatic carbocycles. The third-order valence-corrected chi connectivity index (χ3v) is 3.89. The normalized spacial score (nSPS) is 10.6. The van der Waals surface area contributed by atoms with Gasteiger partial charge in [0.1, 0.15) is 24.0 Å². The molecule has 0 atom stereocenters. The van der Waals surface area contributed by atoms with Crippen molar-refractivity contribution in [2.75, 3.05) is 11.1 Å². The number of aromatic amines is 1. The van der Waals surface area contributed by atoms with Crippen LogP contribution in [0.2, 0.25) is 0 Å². The van der Waals surface area contributed by atoms with E-state index in [0.29, 0.717) is 28.8 Å². The van der Waals surface area contributed by atoms with E-state index in [1.165, 1.54) is 6.07 Å². The summed E-state index contributed by atoms with van der Waals surface area (Å²) in [5, 5.41) is 10.2. The van der Waals surface area contributed by atoms with Crippen LogP contribution < -0.4 is 15.8 Å². The number of rotatable bonds is 6. The van der Waals surface area contributed by atoms with E-state index in [0.717, 1.165) is 17.5 Å². The fraction of sp³-hybridized carbons (Fsp3) is 0.0526. The van der Waals surface area contributed by atoms with E-state index >= 15 is 0 Å². The number of halogens is 1. The first-order chi connectivity index (χ1) is 13.7. The summed E-state index contributed by atoms with van der Waals surface area (Å²) >= 11 is 0. The lowest BCUT2D eigenvalue weighted by molar-refractivity contribution is 0.303. The lowest BCUT2D eigenvalue weighted by atomic mass is 10.1. The van der Waals surface area contributed by atoms with Crippen LogP contribution in [0, 0.1) is 5.82 Å². The lowest BCUT2D eigenvalue weighted by Crippen LogP contribution is -2.01. The van der Waals surface area contributed by atoms with Gasteiger partial charge >= 0.3 is 0 Å². The highest BCUT2D eigenvalue weighted by molar-refractivity contribution is 5.70. The van der Waals surface area contributed by atoms with Crippen LogP contribution in [-0.2, 0) is 6.61 Å². The first-order valence-electron chi connectivity index (χ1n) is 8.39. The Morgan fingerprint density at radius 2 is 1.96 bits per heavy atom. The smallest absolute Gasteiger partial charge is 0.153 e.